The number of alkyl carbamates (subject to hydrolysis) is 1. The zero-order valence-electron chi connectivity index (χ0n) is 17.4. The molecule has 1 saturated heterocycles. The van der Waals surface area contributed by atoms with E-state index in [9.17, 15) is 9.59 Å². The Kier molecular flexibility index (Phi) is 6.39. The first-order valence-corrected chi connectivity index (χ1v) is 10.3. The summed E-state index contributed by atoms with van der Waals surface area (Å²) < 4.78 is 8.74. The number of amides is 1. The summed E-state index contributed by atoms with van der Waals surface area (Å²) in [6.45, 7) is 9.61. The summed E-state index contributed by atoms with van der Waals surface area (Å²) in [5.74, 6) is 0. The van der Waals surface area contributed by atoms with Crippen molar-refractivity contribution in [3.63, 3.8) is 0 Å². The van der Waals surface area contributed by atoms with Crippen LogP contribution in [0.1, 0.15) is 39.3 Å². The summed E-state index contributed by atoms with van der Waals surface area (Å²) in [6.07, 6.45) is 3.15. The number of benzene rings is 1. The van der Waals surface area contributed by atoms with Crippen LogP contribution in [0, 0.1) is 6.92 Å². The number of nitrogens with zero attached hydrogens (tertiary/aromatic N) is 3. The van der Waals surface area contributed by atoms with E-state index in [-0.39, 0.29) is 17.8 Å². The molecule has 3 rings (SSSR count). The molecule has 1 aliphatic heterocycles. The molecule has 7 nitrogen and oxygen atoms in total. The number of carbonyl (C=O) groups is 1. The molecule has 1 aromatic carbocycles. The van der Waals surface area contributed by atoms with Gasteiger partial charge in [-0.25, -0.2) is 9.59 Å². The first-order valence-electron chi connectivity index (χ1n) is 9.89. The lowest BCUT2D eigenvalue weighted by Gasteiger charge is -2.32. The summed E-state index contributed by atoms with van der Waals surface area (Å²) in [7, 11) is 0. The summed E-state index contributed by atoms with van der Waals surface area (Å²) in [5.41, 5.74) is 1.11. The van der Waals surface area contributed by atoms with E-state index in [2.05, 4.69) is 10.2 Å². The van der Waals surface area contributed by atoms with E-state index < -0.39 is 5.60 Å². The van der Waals surface area contributed by atoms with Crippen LogP contribution in [-0.2, 0) is 11.4 Å². The van der Waals surface area contributed by atoms with E-state index in [0.717, 1.165) is 37.3 Å². The van der Waals surface area contributed by atoms with Gasteiger partial charge in [0.2, 0.25) is 0 Å². The van der Waals surface area contributed by atoms with Crippen molar-refractivity contribution in [3.05, 3.63) is 51.7 Å². The molecule has 0 saturated carbocycles. The zero-order chi connectivity index (χ0) is 21.2. The Morgan fingerprint density at radius 3 is 2.41 bits per heavy atom. The molecule has 2 heterocycles. The summed E-state index contributed by atoms with van der Waals surface area (Å²) >= 11 is 5.95. The van der Waals surface area contributed by atoms with Gasteiger partial charge in [-0.3, -0.25) is 14.0 Å². The highest BCUT2D eigenvalue weighted by Crippen LogP contribution is 2.16. The largest absolute Gasteiger partial charge is 0.444 e. The second-order valence-electron chi connectivity index (χ2n) is 8.51. The molecule has 2 aromatic rings. The Labute approximate surface area is 176 Å². The highest BCUT2D eigenvalue weighted by atomic mass is 35.5. The standard InChI is InChI=1S/C21H29ClN4O3/c1-15-13-25(20(28)26(15)18-7-5-16(22)6-8-18)14-24-11-9-17(10-12-24)23-19(27)29-21(2,3)4/h5-8,13,17H,9-12,14H2,1-4H3,(H,23,27). The monoisotopic (exact) mass is 420 g/mol. The van der Waals surface area contributed by atoms with Gasteiger partial charge >= 0.3 is 11.8 Å². The van der Waals surface area contributed by atoms with Crippen LogP contribution in [0.4, 0.5) is 4.79 Å². The number of hydrogen-bond acceptors (Lipinski definition) is 4. The smallest absolute Gasteiger partial charge is 0.407 e. The number of nitrogens with one attached hydrogen (secondary N) is 1. The van der Waals surface area contributed by atoms with Crippen molar-refractivity contribution < 1.29 is 9.53 Å². The molecule has 0 radical (unpaired) electrons. The van der Waals surface area contributed by atoms with E-state index in [4.69, 9.17) is 16.3 Å². The number of hydrogen-bond donors (Lipinski definition) is 1. The van der Waals surface area contributed by atoms with Crippen LogP contribution in [0.5, 0.6) is 0 Å². The molecule has 0 spiro atoms. The lowest BCUT2D eigenvalue weighted by atomic mass is 10.1. The van der Waals surface area contributed by atoms with Gasteiger partial charge in [0, 0.05) is 36.0 Å². The second kappa shape index (κ2) is 8.63. The number of imidazole rings is 1. The quantitative estimate of drug-likeness (QED) is 0.821. The Morgan fingerprint density at radius 2 is 1.83 bits per heavy atom. The van der Waals surface area contributed by atoms with Crippen LogP contribution in [0.25, 0.3) is 5.69 Å². The van der Waals surface area contributed by atoms with E-state index in [0.29, 0.717) is 11.7 Å². The van der Waals surface area contributed by atoms with Gasteiger partial charge in [0.05, 0.1) is 12.4 Å². The molecule has 1 fully saturated rings. The number of halogens is 1. The number of ether oxygens (including phenoxy) is 1. The molecule has 0 aliphatic carbocycles. The predicted molar refractivity (Wildman–Crippen MR) is 114 cm³/mol. The Bertz CT molecular complexity index is 903. The SMILES string of the molecule is Cc1cn(CN2CCC(NC(=O)OC(C)(C)C)CC2)c(=O)n1-c1ccc(Cl)cc1. The third-order valence-corrected chi connectivity index (χ3v) is 5.13. The molecule has 1 aromatic heterocycles. The zero-order valence-corrected chi connectivity index (χ0v) is 18.2. The fraction of sp³-hybridized carbons (Fsp3) is 0.524. The fourth-order valence-electron chi connectivity index (χ4n) is 3.53. The Morgan fingerprint density at radius 1 is 1.21 bits per heavy atom. The molecule has 1 N–H and O–H groups in total. The minimum absolute atomic E-state index is 0.0705. The second-order valence-corrected chi connectivity index (χ2v) is 8.95. The van der Waals surface area contributed by atoms with Crippen LogP contribution in [-0.4, -0.2) is 44.9 Å². The molecule has 0 atom stereocenters. The molecular weight excluding hydrogens is 392 g/mol. The molecule has 158 valence electrons. The van der Waals surface area contributed by atoms with Crippen LogP contribution >= 0.6 is 11.6 Å². The van der Waals surface area contributed by atoms with Gasteiger partial charge in [0.25, 0.3) is 0 Å². The minimum Gasteiger partial charge on any atom is -0.444 e. The number of likely N-dealkylation sites (tertiary alicyclic amines) is 1. The maximum Gasteiger partial charge on any atom is 0.407 e. The van der Waals surface area contributed by atoms with Crippen molar-refractivity contribution in [2.45, 2.75) is 58.8 Å². The molecule has 0 unspecified atom stereocenters. The van der Waals surface area contributed by atoms with Gasteiger partial charge in [-0.2, -0.15) is 0 Å². The highest BCUT2D eigenvalue weighted by molar-refractivity contribution is 6.30. The third-order valence-electron chi connectivity index (χ3n) is 4.88. The van der Waals surface area contributed by atoms with E-state index in [1.807, 2.05) is 46.0 Å². The van der Waals surface area contributed by atoms with Gasteiger partial charge in [0.15, 0.2) is 0 Å². The van der Waals surface area contributed by atoms with E-state index in [1.165, 1.54) is 0 Å². The van der Waals surface area contributed by atoms with Gasteiger partial charge in [-0.05, 0) is 64.8 Å². The minimum atomic E-state index is -0.499. The van der Waals surface area contributed by atoms with Crippen LogP contribution < -0.4 is 11.0 Å². The predicted octanol–water partition coefficient (Wildman–Crippen LogP) is 3.55. The van der Waals surface area contributed by atoms with Crippen molar-refractivity contribution in [2.24, 2.45) is 0 Å². The summed E-state index contributed by atoms with van der Waals surface area (Å²) in [4.78, 5) is 27.0. The maximum absolute atomic E-state index is 12.9. The molecule has 1 amide bonds. The first kappa shape index (κ1) is 21.5. The highest BCUT2D eigenvalue weighted by Gasteiger charge is 2.24. The van der Waals surface area contributed by atoms with Crippen LogP contribution in [0.3, 0.4) is 0 Å². The van der Waals surface area contributed by atoms with Gasteiger partial charge < -0.3 is 10.1 Å². The average molecular weight is 421 g/mol. The summed E-state index contributed by atoms with van der Waals surface area (Å²) in [6, 6.07) is 7.34. The molecule has 8 heteroatoms. The van der Waals surface area contributed by atoms with Crippen molar-refractivity contribution in [1.82, 2.24) is 19.4 Å². The van der Waals surface area contributed by atoms with Gasteiger partial charge in [-0.1, -0.05) is 11.6 Å². The normalized spacial score (nSPS) is 16.0. The molecular formula is C21H29ClN4O3. The van der Waals surface area contributed by atoms with Crippen LogP contribution in [0.15, 0.2) is 35.3 Å². The lowest BCUT2D eigenvalue weighted by molar-refractivity contribution is 0.0471. The van der Waals surface area contributed by atoms with Crippen molar-refractivity contribution >= 4 is 17.7 Å². The van der Waals surface area contributed by atoms with Crippen molar-refractivity contribution in [3.8, 4) is 5.69 Å². The molecule has 0 bridgehead atoms. The van der Waals surface area contributed by atoms with Crippen molar-refractivity contribution in [1.29, 1.82) is 0 Å². The van der Waals surface area contributed by atoms with Gasteiger partial charge in [-0.15, -0.1) is 0 Å². The Hall–Kier alpha value is -2.25. The van der Waals surface area contributed by atoms with E-state index >= 15 is 0 Å². The number of rotatable bonds is 4. The Balaban J connectivity index is 1.59. The third kappa shape index (κ3) is 5.64. The maximum atomic E-state index is 12.9. The van der Waals surface area contributed by atoms with Gasteiger partial charge in [0.1, 0.15) is 5.60 Å². The van der Waals surface area contributed by atoms with Crippen molar-refractivity contribution in [2.75, 3.05) is 13.1 Å². The average Bonchev–Trinajstić information content (AvgIpc) is 2.89. The molecule has 29 heavy (non-hydrogen) atoms. The molecule has 1 aliphatic rings. The fourth-order valence-corrected chi connectivity index (χ4v) is 3.66. The lowest BCUT2D eigenvalue weighted by Crippen LogP contribution is -2.47. The topological polar surface area (TPSA) is 68.5 Å². The van der Waals surface area contributed by atoms with E-state index in [1.54, 1.807) is 21.3 Å². The number of aryl methyl sites for hydroxylation is 1. The first-order chi connectivity index (χ1) is 13.6. The summed E-state index contributed by atoms with van der Waals surface area (Å²) in [5, 5.41) is 3.58. The van der Waals surface area contributed by atoms with Crippen LogP contribution in [0.2, 0.25) is 5.02 Å². The number of piperidine rings is 1. The number of aromatic nitrogens is 2. The number of carbonyl (C=O) groups excluding carboxylic acids is 1.